The standard InChI is InChI=1S/C11H16N4O2/c1-7-4-3-5-9(14-7)6-13-11(16)8(2)10(12)15-17/h3-5,8,17H,6H2,1-2H3,(H2,12,15)(H,13,16). The van der Waals surface area contributed by atoms with Crippen molar-refractivity contribution in [3.05, 3.63) is 29.6 Å². The fourth-order valence-electron chi connectivity index (χ4n) is 1.25. The molecular weight excluding hydrogens is 220 g/mol. The van der Waals surface area contributed by atoms with Gasteiger partial charge in [0.2, 0.25) is 5.91 Å². The van der Waals surface area contributed by atoms with Gasteiger partial charge in [-0.05, 0) is 26.0 Å². The maximum absolute atomic E-state index is 11.6. The number of rotatable bonds is 4. The van der Waals surface area contributed by atoms with Gasteiger partial charge in [0.1, 0.15) is 0 Å². The van der Waals surface area contributed by atoms with Gasteiger partial charge in [0, 0.05) is 5.69 Å². The quantitative estimate of drug-likeness (QED) is 0.304. The van der Waals surface area contributed by atoms with E-state index < -0.39 is 5.92 Å². The van der Waals surface area contributed by atoms with E-state index in [1.807, 2.05) is 25.1 Å². The second kappa shape index (κ2) is 5.83. The molecule has 17 heavy (non-hydrogen) atoms. The monoisotopic (exact) mass is 236 g/mol. The molecule has 1 heterocycles. The first-order valence-electron chi connectivity index (χ1n) is 5.22. The number of nitrogens with zero attached hydrogens (tertiary/aromatic N) is 2. The second-order valence-corrected chi connectivity index (χ2v) is 3.73. The minimum absolute atomic E-state index is 0.111. The Morgan fingerprint density at radius 2 is 2.35 bits per heavy atom. The largest absolute Gasteiger partial charge is 0.409 e. The molecule has 1 unspecified atom stereocenters. The summed E-state index contributed by atoms with van der Waals surface area (Å²) in [5, 5.41) is 13.9. The Morgan fingerprint density at radius 1 is 1.65 bits per heavy atom. The van der Waals surface area contributed by atoms with Crippen LogP contribution < -0.4 is 11.1 Å². The Kier molecular flexibility index (Phi) is 4.45. The summed E-state index contributed by atoms with van der Waals surface area (Å²) in [7, 11) is 0. The lowest BCUT2D eigenvalue weighted by Crippen LogP contribution is -2.36. The number of carbonyl (C=O) groups is 1. The lowest BCUT2D eigenvalue weighted by Gasteiger charge is -2.10. The van der Waals surface area contributed by atoms with Crippen molar-refractivity contribution in [2.75, 3.05) is 0 Å². The summed E-state index contributed by atoms with van der Waals surface area (Å²) in [6, 6.07) is 5.57. The molecule has 92 valence electrons. The molecule has 0 aromatic carbocycles. The number of hydrogen-bond acceptors (Lipinski definition) is 4. The number of nitrogens with two attached hydrogens (primary N) is 1. The number of nitrogens with one attached hydrogen (secondary N) is 1. The molecule has 6 nitrogen and oxygen atoms in total. The van der Waals surface area contributed by atoms with E-state index in [0.717, 1.165) is 11.4 Å². The highest BCUT2D eigenvalue weighted by molar-refractivity contribution is 6.01. The molecule has 1 rings (SSSR count). The van der Waals surface area contributed by atoms with Crippen LogP contribution in [0.1, 0.15) is 18.3 Å². The number of pyridine rings is 1. The highest BCUT2D eigenvalue weighted by Gasteiger charge is 2.16. The van der Waals surface area contributed by atoms with Crippen LogP contribution in [0.5, 0.6) is 0 Å². The molecule has 0 radical (unpaired) electrons. The molecule has 1 amide bonds. The Hall–Kier alpha value is -2.11. The Labute approximate surface area is 99.5 Å². The van der Waals surface area contributed by atoms with Gasteiger partial charge in [-0.25, -0.2) is 0 Å². The van der Waals surface area contributed by atoms with E-state index in [1.54, 1.807) is 6.92 Å². The van der Waals surface area contributed by atoms with Crippen LogP contribution in [0.2, 0.25) is 0 Å². The predicted octanol–water partition coefficient (Wildman–Crippen LogP) is 0.389. The van der Waals surface area contributed by atoms with Gasteiger partial charge in [-0.15, -0.1) is 0 Å². The van der Waals surface area contributed by atoms with Crippen LogP contribution in [0, 0.1) is 12.8 Å². The maximum atomic E-state index is 11.6. The third-order valence-electron chi connectivity index (χ3n) is 2.34. The zero-order valence-electron chi connectivity index (χ0n) is 9.84. The van der Waals surface area contributed by atoms with Gasteiger partial charge in [-0.2, -0.15) is 0 Å². The van der Waals surface area contributed by atoms with Gasteiger partial charge < -0.3 is 16.3 Å². The predicted molar refractivity (Wildman–Crippen MR) is 63.4 cm³/mol. The maximum Gasteiger partial charge on any atom is 0.230 e. The average molecular weight is 236 g/mol. The van der Waals surface area contributed by atoms with E-state index in [2.05, 4.69) is 15.5 Å². The Balaban J connectivity index is 2.54. The third-order valence-corrected chi connectivity index (χ3v) is 2.34. The van der Waals surface area contributed by atoms with E-state index in [9.17, 15) is 4.79 Å². The van der Waals surface area contributed by atoms with E-state index in [1.165, 1.54) is 0 Å². The number of carbonyl (C=O) groups excluding carboxylic acids is 1. The van der Waals surface area contributed by atoms with Crippen molar-refractivity contribution in [3.63, 3.8) is 0 Å². The van der Waals surface area contributed by atoms with E-state index in [0.29, 0.717) is 6.54 Å². The highest BCUT2D eigenvalue weighted by Crippen LogP contribution is 1.99. The SMILES string of the molecule is Cc1cccc(CNC(=O)C(C)C(N)=NO)n1. The molecule has 0 aliphatic carbocycles. The zero-order chi connectivity index (χ0) is 12.8. The molecule has 0 aliphatic rings. The van der Waals surface area contributed by atoms with E-state index in [-0.39, 0.29) is 11.7 Å². The van der Waals surface area contributed by atoms with Crippen molar-refractivity contribution in [2.24, 2.45) is 16.8 Å². The summed E-state index contributed by atoms with van der Waals surface area (Å²) in [4.78, 5) is 15.8. The van der Waals surface area contributed by atoms with Gasteiger partial charge >= 0.3 is 0 Å². The van der Waals surface area contributed by atoms with Crippen molar-refractivity contribution < 1.29 is 10.0 Å². The van der Waals surface area contributed by atoms with Crippen LogP contribution in [-0.2, 0) is 11.3 Å². The Morgan fingerprint density at radius 3 is 2.94 bits per heavy atom. The molecule has 1 aromatic rings. The molecule has 6 heteroatoms. The molecule has 0 aliphatic heterocycles. The number of amidine groups is 1. The van der Waals surface area contributed by atoms with Gasteiger partial charge in [0.05, 0.1) is 18.2 Å². The van der Waals surface area contributed by atoms with Crippen molar-refractivity contribution in [2.45, 2.75) is 20.4 Å². The van der Waals surface area contributed by atoms with Gasteiger partial charge in [0.25, 0.3) is 0 Å². The zero-order valence-corrected chi connectivity index (χ0v) is 9.84. The second-order valence-electron chi connectivity index (χ2n) is 3.73. The molecule has 0 saturated carbocycles. The smallest absolute Gasteiger partial charge is 0.230 e. The minimum atomic E-state index is -0.662. The lowest BCUT2D eigenvalue weighted by molar-refractivity contribution is -0.122. The first-order chi connectivity index (χ1) is 8.04. The molecule has 1 atom stereocenters. The van der Waals surface area contributed by atoms with Gasteiger partial charge in [-0.1, -0.05) is 11.2 Å². The number of hydrogen-bond donors (Lipinski definition) is 3. The first kappa shape index (κ1) is 13.0. The molecule has 0 bridgehead atoms. The van der Waals surface area contributed by atoms with E-state index >= 15 is 0 Å². The summed E-state index contributed by atoms with van der Waals surface area (Å²) in [6.45, 7) is 3.77. The minimum Gasteiger partial charge on any atom is -0.409 e. The number of amides is 1. The molecule has 0 fully saturated rings. The highest BCUT2D eigenvalue weighted by atomic mass is 16.4. The number of oxime groups is 1. The van der Waals surface area contributed by atoms with Crippen LogP contribution in [0.15, 0.2) is 23.4 Å². The lowest BCUT2D eigenvalue weighted by atomic mass is 10.1. The molecule has 0 spiro atoms. The number of aryl methyl sites for hydroxylation is 1. The third kappa shape index (κ3) is 3.75. The Bertz CT molecular complexity index is 431. The molecule has 1 aromatic heterocycles. The van der Waals surface area contributed by atoms with Crippen molar-refractivity contribution in [1.29, 1.82) is 0 Å². The summed E-state index contributed by atoms with van der Waals surface area (Å²) in [6.07, 6.45) is 0. The topological polar surface area (TPSA) is 101 Å². The van der Waals surface area contributed by atoms with Crippen LogP contribution in [0.4, 0.5) is 0 Å². The molecular formula is C11H16N4O2. The fraction of sp³-hybridized carbons (Fsp3) is 0.364. The van der Waals surface area contributed by atoms with Gasteiger partial charge in [0.15, 0.2) is 5.84 Å². The summed E-state index contributed by atoms with van der Waals surface area (Å²) >= 11 is 0. The van der Waals surface area contributed by atoms with Crippen LogP contribution in [0.3, 0.4) is 0 Å². The van der Waals surface area contributed by atoms with Crippen LogP contribution in [-0.4, -0.2) is 21.9 Å². The summed E-state index contributed by atoms with van der Waals surface area (Å²) < 4.78 is 0. The van der Waals surface area contributed by atoms with E-state index in [4.69, 9.17) is 10.9 Å². The number of aromatic nitrogens is 1. The summed E-state index contributed by atoms with van der Waals surface area (Å²) in [5.41, 5.74) is 6.99. The van der Waals surface area contributed by atoms with Crippen LogP contribution >= 0.6 is 0 Å². The fourth-order valence-corrected chi connectivity index (χ4v) is 1.25. The van der Waals surface area contributed by atoms with Gasteiger partial charge in [-0.3, -0.25) is 9.78 Å². The van der Waals surface area contributed by atoms with Crippen molar-refractivity contribution in [3.8, 4) is 0 Å². The molecule has 0 saturated heterocycles. The first-order valence-corrected chi connectivity index (χ1v) is 5.22. The van der Waals surface area contributed by atoms with Crippen molar-refractivity contribution >= 4 is 11.7 Å². The van der Waals surface area contributed by atoms with Crippen LogP contribution in [0.25, 0.3) is 0 Å². The average Bonchev–Trinajstić information content (AvgIpc) is 2.34. The normalized spacial score (nSPS) is 13.2. The summed E-state index contributed by atoms with van der Waals surface area (Å²) in [5.74, 6) is -1.08. The molecule has 4 N–H and O–H groups in total. The van der Waals surface area contributed by atoms with Crippen molar-refractivity contribution in [1.82, 2.24) is 10.3 Å².